The van der Waals surface area contributed by atoms with E-state index < -0.39 is 16.1 Å². The Labute approximate surface area is 166 Å². The Balaban J connectivity index is 1.49. The lowest BCUT2D eigenvalue weighted by molar-refractivity contribution is 0.142. The summed E-state index contributed by atoms with van der Waals surface area (Å²) in [5, 5.41) is 9.09. The number of hydrogen-bond donors (Lipinski definition) is 1. The third-order valence-corrected chi connectivity index (χ3v) is 6.52. The molecule has 2 aliphatic heterocycles. The molecule has 2 heterocycles. The molecule has 10 heteroatoms. The Morgan fingerprint density at radius 2 is 1.68 bits per heavy atom. The van der Waals surface area contributed by atoms with Gasteiger partial charge < -0.3 is 19.6 Å². The van der Waals surface area contributed by atoms with E-state index in [1.165, 1.54) is 15.5 Å². The fourth-order valence-corrected chi connectivity index (χ4v) is 4.38. The summed E-state index contributed by atoms with van der Waals surface area (Å²) in [6.07, 6.45) is 0.374. The molecule has 1 N–H and O–H groups in total. The van der Waals surface area contributed by atoms with Crippen LogP contribution in [0.1, 0.15) is 0 Å². The van der Waals surface area contributed by atoms with Crippen LogP contribution >= 0.6 is 0 Å². The zero-order valence-electron chi connectivity index (χ0n) is 16.2. The van der Waals surface area contributed by atoms with Crippen molar-refractivity contribution in [2.24, 2.45) is 0 Å². The molecule has 0 bridgehead atoms. The summed E-state index contributed by atoms with van der Waals surface area (Å²) in [5.41, 5.74) is 0.981. The largest absolute Gasteiger partial charge is 0.490 e. The van der Waals surface area contributed by atoms with Crippen molar-refractivity contribution < 1.29 is 23.1 Å². The number of carbonyl (C=O) groups is 1. The first kappa shape index (κ1) is 20.7. The number of hydrogen-bond acceptors (Lipinski definition) is 6. The van der Waals surface area contributed by atoms with Gasteiger partial charge >= 0.3 is 6.09 Å². The van der Waals surface area contributed by atoms with Crippen molar-refractivity contribution in [3.8, 4) is 5.75 Å². The van der Waals surface area contributed by atoms with E-state index in [0.29, 0.717) is 59.0 Å². The summed E-state index contributed by atoms with van der Waals surface area (Å²) in [6, 6.07) is 7.81. The molecule has 1 aromatic carbocycles. The van der Waals surface area contributed by atoms with Crippen LogP contribution < -0.4 is 9.64 Å². The average molecular weight is 413 g/mol. The van der Waals surface area contributed by atoms with Gasteiger partial charge in [0.25, 0.3) is 0 Å². The highest BCUT2D eigenvalue weighted by Crippen LogP contribution is 2.28. The van der Waals surface area contributed by atoms with Crippen LogP contribution in [0.4, 0.5) is 10.5 Å². The Bertz CT molecular complexity index is 772. The molecule has 0 unspecified atom stereocenters. The van der Waals surface area contributed by atoms with Crippen molar-refractivity contribution in [2.45, 2.75) is 0 Å². The molecule has 2 saturated heterocycles. The predicted molar refractivity (Wildman–Crippen MR) is 107 cm³/mol. The first-order valence-corrected chi connectivity index (χ1v) is 11.3. The summed E-state index contributed by atoms with van der Waals surface area (Å²) in [5.74, 6) is 0.793. The van der Waals surface area contributed by atoms with Crippen LogP contribution in [-0.2, 0) is 10.0 Å². The number of sulfonamides is 1. The third kappa shape index (κ3) is 5.27. The van der Waals surface area contributed by atoms with Crippen LogP contribution in [0.5, 0.6) is 5.75 Å². The Morgan fingerprint density at radius 3 is 2.29 bits per heavy atom. The van der Waals surface area contributed by atoms with Gasteiger partial charge in [-0.1, -0.05) is 12.1 Å². The number of rotatable bonds is 6. The van der Waals surface area contributed by atoms with Crippen molar-refractivity contribution in [1.29, 1.82) is 0 Å². The van der Waals surface area contributed by atoms with Gasteiger partial charge in [-0.2, -0.15) is 4.31 Å². The summed E-state index contributed by atoms with van der Waals surface area (Å²) in [7, 11) is -3.11. The second-order valence-electron chi connectivity index (χ2n) is 7.08. The maximum Gasteiger partial charge on any atom is 0.407 e. The van der Waals surface area contributed by atoms with E-state index in [0.717, 1.165) is 18.0 Å². The van der Waals surface area contributed by atoms with Crippen LogP contribution in [0, 0.1) is 0 Å². The number of para-hydroxylation sites is 2. The van der Waals surface area contributed by atoms with Gasteiger partial charge in [0, 0.05) is 58.9 Å². The highest BCUT2D eigenvalue weighted by atomic mass is 32.2. The van der Waals surface area contributed by atoms with E-state index in [4.69, 9.17) is 9.84 Å². The van der Waals surface area contributed by atoms with E-state index in [2.05, 4.69) is 9.80 Å². The van der Waals surface area contributed by atoms with E-state index in [1.807, 2.05) is 24.3 Å². The van der Waals surface area contributed by atoms with Crippen LogP contribution in [-0.4, -0.2) is 105 Å². The zero-order valence-corrected chi connectivity index (χ0v) is 17.0. The lowest BCUT2D eigenvalue weighted by Crippen LogP contribution is -2.49. The summed E-state index contributed by atoms with van der Waals surface area (Å²) in [6.45, 7) is 5.93. The fraction of sp³-hybridized carbons (Fsp3) is 0.611. The molecule has 3 rings (SSSR count). The van der Waals surface area contributed by atoms with Gasteiger partial charge in [-0.3, -0.25) is 4.90 Å². The number of carboxylic acid groups (broad SMARTS) is 1. The summed E-state index contributed by atoms with van der Waals surface area (Å²) < 4.78 is 30.7. The Kier molecular flexibility index (Phi) is 6.63. The molecule has 0 atom stereocenters. The number of nitrogens with zero attached hydrogens (tertiary/aromatic N) is 4. The Morgan fingerprint density at radius 1 is 1.04 bits per heavy atom. The molecule has 0 saturated carbocycles. The van der Waals surface area contributed by atoms with Gasteiger partial charge in [-0.15, -0.1) is 0 Å². The molecular formula is C18H28N4O5S. The van der Waals surface area contributed by atoms with E-state index in [9.17, 15) is 13.2 Å². The lowest BCUT2D eigenvalue weighted by Gasteiger charge is -2.35. The molecular weight excluding hydrogens is 384 g/mol. The maximum absolute atomic E-state index is 11.6. The van der Waals surface area contributed by atoms with Crippen molar-refractivity contribution in [3.63, 3.8) is 0 Å². The molecule has 0 radical (unpaired) electrons. The minimum absolute atomic E-state index is 0.480. The quantitative estimate of drug-likeness (QED) is 0.725. The smallest absolute Gasteiger partial charge is 0.407 e. The molecule has 0 aliphatic carbocycles. The molecule has 2 aliphatic rings. The van der Waals surface area contributed by atoms with Crippen molar-refractivity contribution in [1.82, 2.24) is 14.1 Å². The standard InChI is InChI=1S/C18H28N4O5S/c1-28(25,26)22-12-6-19(7-13-22)14-15-27-17-5-3-2-4-16(17)20-8-10-21(11-9-20)18(23)24/h2-5H,6-15H2,1H3,(H,23,24). The second-order valence-corrected chi connectivity index (χ2v) is 9.06. The van der Waals surface area contributed by atoms with Gasteiger partial charge in [0.1, 0.15) is 12.4 Å². The van der Waals surface area contributed by atoms with Gasteiger partial charge in [0.05, 0.1) is 11.9 Å². The predicted octanol–water partition coefficient (Wildman–Crippen LogP) is 0.443. The van der Waals surface area contributed by atoms with Crippen LogP contribution in [0.2, 0.25) is 0 Å². The number of amides is 1. The molecule has 9 nitrogen and oxygen atoms in total. The van der Waals surface area contributed by atoms with Crippen molar-refractivity contribution in [3.05, 3.63) is 24.3 Å². The molecule has 0 aromatic heterocycles. The van der Waals surface area contributed by atoms with Crippen molar-refractivity contribution >= 4 is 21.8 Å². The molecule has 28 heavy (non-hydrogen) atoms. The van der Waals surface area contributed by atoms with E-state index in [-0.39, 0.29) is 0 Å². The maximum atomic E-state index is 11.6. The van der Waals surface area contributed by atoms with Crippen LogP contribution in [0.15, 0.2) is 24.3 Å². The fourth-order valence-electron chi connectivity index (χ4n) is 3.55. The first-order valence-electron chi connectivity index (χ1n) is 9.47. The molecule has 1 amide bonds. The minimum atomic E-state index is -3.11. The number of ether oxygens (including phenoxy) is 1. The van der Waals surface area contributed by atoms with Gasteiger partial charge in [0.15, 0.2) is 0 Å². The molecule has 156 valence electrons. The van der Waals surface area contributed by atoms with Gasteiger partial charge in [0.2, 0.25) is 10.0 Å². The molecule has 2 fully saturated rings. The van der Waals surface area contributed by atoms with Gasteiger partial charge in [-0.05, 0) is 12.1 Å². The molecule has 1 aromatic rings. The van der Waals surface area contributed by atoms with Gasteiger partial charge in [-0.25, -0.2) is 13.2 Å². The highest BCUT2D eigenvalue weighted by molar-refractivity contribution is 7.88. The number of anilines is 1. The Hall–Kier alpha value is -2.04. The highest BCUT2D eigenvalue weighted by Gasteiger charge is 2.24. The number of benzene rings is 1. The second kappa shape index (κ2) is 8.97. The SMILES string of the molecule is CS(=O)(=O)N1CCN(CCOc2ccccc2N2CCN(C(=O)O)CC2)CC1. The summed E-state index contributed by atoms with van der Waals surface area (Å²) in [4.78, 5) is 16.9. The monoisotopic (exact) mass is 412 g/mol. The van der Waals surface area contributed by atoms with E-state index in [1.54, 1.807) is 0 Å². The normalized spacial score (nSPS) is 19.6. The zero-order chi connectivity index (χ0) is 20.1. The number of piperazine rings is 2. The third-order valence-electron chi connectivity index (χ3n) is 5.22. The van der Waals surface area contributed by atoms with E-state index >= 15 is 0 Å². The first-order chi connectivity index (χ1) is 13.3. The topological polar surface area (TPSA) is 93.6 Å². The minimum Gasteiger partial charge on any atom is -0.490 e. The molecule has 0 spiro atoms. The summed E-state index contributed by atoms with van der Waals surface area (Å²) >= 11 is 0. The lowest BCUT2D eigenvalue weighted by atomic mass is 10.2. The van der Waals surface area contributed by atoms with Crippen LogP contribution in [0.3, 0.4) is 0 Å². The van der Waals surface area contributed by atoms with Crippen LogP contribution in [0.25, 0.3) is 0 Å². The average Bonchev–Trinajstić information content (AvgIpc) is 2.68. The van der Waals surface area contributed by atoms with Crippen molar-refractivity contribution in [2.75, 3.05) is 76.7 Å².